The molecule has 4 rings (SSSR count). The summed E-state index contributed by atoms with van der Waals surface area (Å²) in [6, 6.07) is 4.59. The van der Waals surface area contributed by atoms with Crippen molar-refractivity contribution in [2.24, 2.45) is 0 Å². The lowest BCUT2D eigenvalue weighted by molar-refractivity contribution is -0.130. The number of fused-ring (bicyclic) bond motifs is 1. The summed E-state index contributed by atoms with van der Waals surface area (Å²) in [7, 11) is 0. The zero-order valence-corrected chi connectivity index (χ0v) is 14.5. The van der Waals surface area contributed by atoms with Gasteiger partial charge in [0.1, 0.15) is 12.1 Å². The fourth-order valence-electron chi connectivity index (χ4n) is 3.32. The van der Waals surface area contributed by atoms with Crippen LogP contribution in [-0.2, 0) is 24.1 Å². The fourth-order valence-corrected chi connectivity index (χ4v) is 4.02. The van der Waals surface area contributed by atoms with Crippen molar-refractivity contribution in [1.82, 2.24) is 14.9 Å². The number of amides is 1. The van der Waals surface area contributed by atoms with Gasteiger partial charge in [0.2, 0.25) is 5.91 Å². The summed E-state index contributed by atoms with van der Waals surface area (Å²) in [5.41, 5.74) is 2.30. The van der Waals surface area contributed by atoms with E-state index in [9.17, 15) is 4.79 Å². The Hall–Kier alpha value is -1.95. The number of nitrogens with zero attached hydrogens (tertiary/aromatic N) is 3. The molecule has 126 valence electrons. The normalized spacial score (nSPS) is 17.8. The Morgan fingerprint density at radius 2 is 2.17 bits per heavy atom. The van der Waals surface area contributed by atoms with E-state index in [0.29, 0.717) is 12.5 Å². The number of aromatic nitrogens is 2. The van der Waals surface area contributed by atoms with E-state index in [0.717, 1.165) is 42.3 Å². The van der Waals surface area contributed by atoms with Crippen molar-refractivity contribution < 1.29 is 4.79 Å². The number of anilines is 1. The van der Waals surface area contributed by atoms with Crippen molar-refractivity contribution in [1.29, 1.82) is 0 Å². The number of thiophene rings is 1. The van der Waals surface area contributed by atoms with Crippen molar-refractivity contribution in [2.45, 2.75) is 44.6 Å². The maximum Gasteiger partial charge on any atom is 0.227 e. The van der Waals surface area contributed by atoms with Crippen LogP contribution in [0.5, 0.6) is 0 Å². The Morgan fingerprint density at radius 3 is 2.92 bits per heavy atom. The molecule has 1 aliphatic heterocycles. The van der Waals surface area contributed by atoms with E-state index in [-0.39, 0.29) is 5.91 Å². The predicted octanol–water partition coefficient (Wildman–Crippen LogP) is 2.67. The molecule has 0 unspecified atom stereocenters. The molecule has 1 saturated carbocycles. The first kappa shape index (κ1) is 15.6. The van der Waals surface area contributed by atoms with E-state index in [2.05, 4.69) is 15.3 Å². The molecular formula is C18H22N4OS. The molecule has 5 nitrogen and oxygen atoms in total. The van der Waals surface area contributed by atoms with E-state index in [4.69, 9.17) is 0 Å². The average molecular weight is 342 g/mol. The molecule has 2 aromatic heterocycles. The quantitative estimate of drug-likeness (QED) is 0.928. The molecule has 0 radical (unpaired) electrons. The van der Waals surface area contributed by atoms with Gasteiger partial charge in [0.15, 0.2) is 0 Å². The summed E-state index contributed by atoms with van der Waals surface area (Å²) in [5.74, 6) is 1.20. The van der Waals surface area contributed by atoms with Crippen molar-refractivity contribution in [3.63, 3.8) is 0 Å². The summed E-state index contributed by atoms with van der Waals surface area (Å²) < 4.78 is 0. The Labute approximate surface area is 146 Å². The van der Waals surface area contributed by atoms with Gasteiger partial charge in [-0.2, -0.15) is 0 Å². The van der Waals surface area contributed by atoms with Gasteiger partial charge in [-0.15, -0.1) is 11.3 Å². The molecular weight excluding hydrogens is 320 g/mol. The third-order valence-electron chi connectivity index (χ3n) is 4.99. The maximum absolute atomic E-state index is 12.6. The smallest absolute Gasteiger partial charge is 0.227 e. The van der Waals surface area contributed by atoms with Crippen LogP contribution in [0.25, 0.3) is 0 Å². The molecule has 1 N–H and O–H groups in total. The van der Waals surface area contributed by atoms with Crippen molar-refractivity contribution >= 4 is 23.1 Å². The second-order valence-electron chi connectivity index (χ2n) is 6.56. The van der Waals surface area contributed by atoms with Crippen molar-refractivity contribution in [3.8, 4) is 0 Å². The van der Waals surface area contributed by atoms with Crippen LogP contribution in [0.4, 0.5) is 5.82 Å². The maximum atomic E-state index is 12.6. The first-order valence-electron chi connectivity index (χ1n) is 8.69. The molecule has 0 saturated heterocycles. The minimum absolute atomic E-state index is 0.215. The van der Waals surface area contributed by atoms with Crippen LogP contribution in [0.15, 0.2) is 23.8 Å². The van der Waals surface area contributed by atoms with Crippen molar-refractivity contribution in [2.75, 3.05) is 18.4 Å². The van der Waals surface area contributed by atoms with Crippen LogP contribution in [0.2, 0.25) is 0 Å². The average Bonchev–Trinajstić information content (AvgIpc) is 2.94. The number of rotatable bonds is 4. The highest BCUT2D eigenvalue weighted by Crippen LogP contribution is 2.26. The van der Waals surface area contributed by atoms with Crippen LogP contribution in [0.1, 0.15) is 35.4 Å². The minimum Gasteiger partial charge on any atom is -0.367 e. The zero-order valence-electron chi connectivity index (χ0n) is 13.7. The van der Waals surface area contributed by atoms with E-state index in [1.54, 1.807) is 17.7 Å². The Morgan fingerprint density at radius 1 is 1.29 bits per heavy atom. The second kappa shape index (κ2) is 6.89. The number of hydrogen-bond donors (Lipinski definition) is 1. The summed E-state index contributed by atoms with van der Waals surface area (Å²) >= 11 is 1.65. The minimum atomic E-state index is 0.215. The lowest BCUT2D eigenvalue weighted by Gasteiger charge is -2.28. The van der Waals surface area contributed by atoms with Gasteiger partial charge in [0, 0.05) is 36.0 Å². The van der Waals surface area contributed by atoms with E-state index in [1.807, 2.05) is 22.4 Å². The summed E-state index contributed by atoms with van der Waals surface area (Å²) in [4.78, 5) is 24.6. The van der Waals surface area contributed by atoms with Crippen LogP contribution >= 0.6 is 11.3 Å². The fraction of sp³-hybridized carbons (Fsp3) is 0.500. The van der Waals surface area contributed by atoms with Gasteiger partial charge in [0.05, 0.1) is 12.1 Å². The molecule has 1 fully saturated rings. The molecule has 3 heterocycles. The van der Waals surface area contributed by atoms with Gasteiger partial charge in [0.25, 0.3) is 0 Å². The Kier molecular flexibility index (Phi) is 4.47. The number of hydrogen-bond acceptors (Lipinski definition) is 5. The Bertz CT molecular complexity index is 712. The molecule has 2 aliphatic rings. The van der Waals surface area contributed by atoms with E-state index < -0.39 is 0 Å². The molecule has 1 amide bonds. The van der Waals surface area contributed by atoms with Crippen LogP contribution < -0.4 is 5.32 Å². The first-order valence-corrected chi connectivity index (χ1v) is 9.57. The van der Waals surface area contributed by atoms with Crippen LogP contribution in [0.3, 0.4) is 0 Å². The molecule has 0 spiro atoms. The third kappa shape index (κ3) is 3.29. The molecule has 6 heteroatoms. The van der Waals surface area contributed by atoms with Gasteiger partial charge >= 0.3 is 0 Å². The predicted molar refractivity (Wildman–Crippen MR) is 95.3 cm³/mol. The highest BCUT2D eigenvalue weighted by molar-refractivity contribution is 7.10. The molecule has 0 aromatic carbocycles. The zero-order chi connectivity index (χ0) is 16.4. The van der Waals surface area contributed by atoms with Gasteiger partial charge in [-0.25, -0.2) is 9.97 Å². The lowest BCUT2D eigenvalue weighted by Crippen LogP contribution is -2.34. The van der Waals surface area contributed by atoms with Crippen molar-refractivity contribution in [3.05, 3.63) is 40.0 Å². The third-order valence-corrected chi connectivity index (χ3v) is 5.87. The van der Waals surface area contributed by atoms with Gasteiger partial charge in [-0.3, -0.25) is 4.79 Å². The molecule has 24 heavy (non-hydrogen) atoms. The monoisotopic (exact) mass is 342 g/mol. The lowest BCUT2D eigenvalue weighted by atomic mass is 9.93. The van der Waals surface area contributed by atoms with E-state index >= 15 is 0 Å². The molecule has 0 bridgehead atoms. The first-order chi connectivity index (χ1) is 11.8. The topological polar surface area (TPSA) is 58.1 Å². The SMILES string of the molecule is O=C(Cc1cccs1)N1CCc2ncnc(NC3CCC3)c2CC1. The van der Waals surface area contributed by atoms with Crippen LogP contribution in [0, 0.1) is 0 Å². The number of carbonyl (C=O) groups is 1. The largest absolute Gasteiger partial charge is 0.367 e. The van der Waals surface area contributed by atoms with Gasteiger partial charge in [-0.1, -0.05) is 6.07 Å². The molecule has 2 aromatic rings. The highest BCUT2D eigenvalue weighted by Gasteiger charge is 2.24. The van der Waals surface area contributed by atoms with Gasteiger partial charge < -0.3 is 10.2 Å². The number of nitrogens with one attached hydrogen (secondary N) is 1. The van der Waals surface area contributed by atoms with Gasteiger partial charge in [-0.05, 0) is 37.1 Å². The standard InChI is InChI=1S/C18H22N4OS/c23-17(11-14-5-2-10-24-14)22-8-6-15-16(7-9-22)19-12-20-18(15)21-13-3-1-4-13/h2,5,10,12-13H,1,3-4,6-9,11H2,(H,19,20,21). The molecule has 1 aliphatic carbocycles. The summed E-state index contributed by atoms with van der Waals surface area (Å²) in [6.07, 6.45) is 7.56. The van der Waals surface area contributed by atoms with Crippen LogP contribution in [-0.4, -0.2) is 39.9 Å². The number of carbonyl (C=O) groups excluding carboxylic acids is 1. The van der Waals surface area contributed by atoms with E-state index in [1.165, 1.54) is 24.8 Å². The molecule has 0 atom stereocenters. The summed E-state index contributed by atoms with van der Waals surface area (Å²) in [6.45, 7) is 1.50. The summed E-state index contributed by atoms with van der Waals surface area (Å²) in [5, 5.41) is 5.58. The highest BCUT2D eigenvalue weighted by atomic mass is 32.1. The second-order valence-corrected chi connectivity index (χ2v) is 7.59. The Balaban J connectivity index is 1.45.